The second-order valence-electron chi connectivity index (χ2n) is 4.40. The Balaban J connectivity index is 2.43. The number of nitrogens with zero attached hydrogens (tertiary/aromatic N) is 1. The lowest BCUT2D eigenvalue weighted by Crippen LogP contribution is -2.26. The highest BCUT2D eigenvalue weighted by Gasteiger charge is 2.25. The summed E-state index contributed by atoms with van der Waals surface area (Å²) in [5.41, 5.74) is 7.38. The van der Waals surface area contributed by atoms with E-state index in [1.165, 1.54) is 6.42 Å². The molecule has 1 aliphatic carbocycles. The van der Waals surface area contributed by atoms with E-state index in [0.29, 0.717) is 18.9 Å². The number of nitrogens with one attached hydrogen (secondary N) is 1. The van der Waals surface area contributed by atoms with Gasteiger partial charge in [0.05, 0.1) is 5.69 Å². The molecule has 1 aliphatic rings. The van der Waals surface area contributed by atoms with Crippen molar-refractivity contribution in [3.05, 3.63) is 27.4 Å². The fourth-order valence-electron chi connectivity index (χ4n) is 2.14. The zero-order valence-corrected chi connectivity index (χ0v) is 9.75. The molecule has 1 aromatic rings. The number of H-pyrrole nitrogens is 1. The van der Waals surface area contributed by atoms with Crippen molar-refractivity contribution in [2.75, 3.05) is 6.54 Å². The molecule has 0 atom stereocenters. The molecule has 0 saturated heterocycles. The first-order valence-corrected chi connectivity index (χ1v) is 6.08. The molecule has 0 aromatic carbocycles. The van der Waals surface area contributed by atoms with Gasteiger partial charge >= 0.3 is 0 Å². The molecule has 4 heteroatoms. The summed E-state index contributed by atoms with van der Waals surface area (Å²) in [4.78, 5) is 19.3. The van der Waals surface area contributed by atoms with Gasteiger partial charge in [0.15, 0.2) is 0 Å². The summed E-state index contributed by atoms with van der Waals surface area (Å²) in [6, 6.07) is 0. The van der Waals surface area contributed by atoms with Crippen LogP contribution in [0.15, 0.2) is 4.79 Å². The van der Waals surface area contributed by atoms with Crippen LogP contribution in [0.4, 0.5) is 0 Å². The molecule has 0 bridgehead atoms. The molecule has 0 spiro atoms. The lowest BCUT2D eigenvalue weighted by Gasteiger charge is -2.26. The molecule has 1 fully saturated rings. The number of aromatic amines is 1. The summed E-state index contributed by atoms with van der Waals surface area (Å²) in [6.45, 7) is 2.52. The van der Waals surface area contributed by atoms with Gasteiger partial charge in [-0.25, -0.2) is 4.98 Å². The van der Waals surface area contributed by atoms with Crippen LogP contribution in [0, 0.1) is 0 Å². The largest absolute Gasteiger partial charge is 0.330 e. The molecular formula is C12H19N3O. The predicted molar refractivity (Wildman–Crippen MR) is 63.6 cm³/mol. The zero-order chi connectivity index (χ0) is 11.5. The molecule has 3 N–H and O–H groups in total. The second kappa shape index (κ2) is 4.78. The van der Waals surface area contributed by atoms with Gasteiger partial charge in [0.25, 0.3) is 5.56 Å². The maximum Gasteiger partial charge on any atom is 0.254 e. The average molecular weight is 221 g/mol. The van der Waals surface area contributed by atoms with Crippen molar-refractivity contribution in [1.29, 1.82) is 0 Å². The Hall–Kier alpha value is -1.16. The maximum atomic E-state index is 11.9. The fourth-order valence-corrected chi connectivity index (χ4v) is 2.14. The zero-order valence-electron chi connectivity index (χ0n) is 9.75. The van der Waals surface area contributed by atoms with E-state index >= 15 is 0 Å². The van der Waals surface area contributed by atoms with Crippen LogP contribution in [0.5, 0.6) is 0 Å². The smallest absolute Gasteiger partial charge is 0.254 e. The van der Waals surface area contributed by atoms with Gasteiger partial charge < -0.3 is 10.7 Å². The molecule has 1 saturated carbocycles. The van der Waals surface area contributed by atoms with E-state index in [-0.39, 0.29) is 5.56 Å². The van der Waals surface area contributed by atoms with Crippen molar-refractivity contribution in [2.45, 2.75) is 44.9 Å². The van der Waals surface area contributed by atoms with Crippen molar-refractivity contribution >= 4 is 0 Å². The molecule has 2 rings (SSSR count). The van der Waals surface area contributed by atoms with E-state index in [0.717, 1.165) is 36.3 Å². The summed E-state index contributed by atoms with van der Waals surface area (Å²) in [7, 11) is 0. The number of aryl methyl sites for hydroxylation is 1. The molecule has 0 amide bonds. The first-order valence-electron chi connectivity index (χ1n) is 6.08. The molecule has 1 heterocycles. The van der Waals surface area contributed by atoms with Crippen LogP contribution in [0.1, 0.15) is 49.2 Å². The van der Waals surface area contributed by atoms with Crippen LogP contribution >= 0.6 is 0 Å². The Labute approximate surface area is 95.3 Å². The Morgan fingerprint density at radius 3 is 2.75 bits per heavy atom. The Morgan fingerprint density at radius 2 is 2.25 bits per heavy atom. The third-order valence-electron chi connectivity index (χ3n) is 3.32. The van der Waals surface area contributed by atoms with Gasteiger partial charge in [-0.05, 0) is 25.8 Å². The van der Waals surface area contributed by atoms with Gasteiger partial charge in [0, 0.05) is 17.9 Å². The van der Waals surface area contributed by atoms with Crippen LogP contribution < -0.4 is 11.3 Å². The second-order valence-corrected chi connectivity index (χ2v) is 4.40. The molecule has 0 radical (unpaired) electrons. The highest BCUT2D eigenvalue weighted by atomic mass is 16.1. The fraction of sp³-hybridized carbons (Fsp3) is 0.667. The lowest BCUT2D eigenvalue weighted by molar-refractivity contribution is 0.406. The van der Waals surface area contributed by atoms with Gasteiger partial charge in [-0.2, -0.15) is 0 Å². The van der Waals surface area contributed by atoms with Crippen molar-refractivity contribution in [1.82, 2.24) is 9.97 Å². The third-order valence-corrected chi connectivity index (χ3v) is 3.32. The molecule has 0 aliphatic heterocycles. The predicted octanol–water partition coefficient (Wildman–Crippen LogP) is 1.10. The molecule has 88 valence electrons. The van der Waals surface area contributed by atoms with E-state index < -0.39 is 0 Å². The first kappa shape index (κ1) is 11.3. The Morgan fingerprint density at radius 1 is 1.50 bits per heavy atom. The number of rotatable bonds is 4. The van der Waals surface area contributed by atoms with E-state index in [1.807, 2.05) is 6.92 Å². The molecule has 16 heavy (non-hydrogen) atoms. The summed E-state index contributed by atoms with van der Waals surface area (Å²) in [6.07, 6.45) is 4.99. The van der Waals surface area contributed by atoms with Crippen molar-refractivity contribution in [3.8, 4) is 0 Å². The Bertz CT molecular complexity index is 421. The average Bonchev–Trinajstić information content (AvgIpc) is 2.20. The van der Waals surface area contributed by atoms with Crippen molar-refractivity contribution in [3.63, 3.8) is 0 Å². The summed E-state index contributed by atoms with van der Waals surface area (Å²) >= 11 is 0. The van der Waals surface area contributed by atoms with Gasteiger partial charge in [0.1, 0.15) is 5.82 Å². The SMILES string of the molecule is CCc1nc(C2CCC2)c(CCN)c(=O)[nH]1. The van der Waals surface area contributed by atoms with Crippen molar-refractivity contribution in [2.24, 2.45) is 5.73 Å². The number of aromatic nitrogens is 2. The lowest BCUT2D eigenvalue weighted by atomic mass is 9.81. The van der Waals surface area contributed by atoms with E-state index in [9.17, 15) is 4.79 Å². The van der Waals surface area contributed by atoms with Gasteiger partial charge in [-0.15, -0.1) is 0 Å². The van der Waals surface area contributed by atoms with Gasteiger partial charge in [-0.1, -0.05) is 13.3 Å². The summed E-state index contributed by atoms with van der Waals surface area (Å²) in [5.74, 6) is 1.29. The minimum Gasteiger partial charge on any atom is -0.330 e. The van der Waals surface area contributed by atoms with Crippen LogP contribution in [0.2, 0.25) is 0 Å². The maximum absolute atomic E-state index is 11.9. The Kier molecular flexibility index (Phi) is 3.39. The van der Waals surface area contributed by atoms with E-state index in [4.69, 9.17) is 5.73 Å². The minimum absolute atomic E-state index is 0.0131. The van der Waals surface area contributed by atoms with Crippen LogP contribution in [-0.2, 0) is 12.8 Å². The standard InChI is InChI=1S/C12H19N3O/c1-2-10-14-11(8-4-3-5-8)9(6-7-13)12(16)15-10/h8H,2-7,13H2,1H3,(H,14,15,16). The molecule has 1 aromatic heterocycles. The number of hydrogen-bond acceptors (Lipinski definition) is 3. The number of nitrogens with two attached hydrogens (primary N) is 1. The van der Waals surface area contributed by atoms with E-state index in [2.05, 4.69) is 9.97 Å². The van der Waals surface area contributed by atoms with Crippen LogP contribution in [0.3, 0.4) is 0 Å². The summed E-state index contributed by atoms with van der Waals surface area (Å²) < 4.78 is 0. The quantitative estimate of drug-likeness (QED) is 0.799. The van der Waals surface area contributed by atoms with Gasteiger partial charge in [0.2, 0.25) is 0 Å². The normalized spacial score (nSPS) is 16.1. The first-order chi connectivity index (χ1) is 7.76. The number of hydrogen-bond donors (Lipinski definition) is 2. The summed E-state index contributed by atoms with van der Waals surface area (Å²) in [5, 5.41) is 0. The third kappa shape index (κ3) is 2.02. The van der Waals surface area contributed by atoms with Gasteiger partial charge in [-0.3, -0.25) is 4.79 Å². The molecular weight excluding hydrogens is 202 g/mol. The highest BCUT2D eigenvalue weighted by Crippen LogP contribution is 2.36. The highest BCUT2D eigenvalue weighted by molar-refractivity contribution is 5.24. The van der Waals surface area contributed by atoms with Crippen LogP contribution in [0.25, 0.3) is 0 Å². The van der Waals surface area contributed by atoms with Crippen molar-refractivity contribution < 1.29 is 0 Å². The molecule has 0 unspecified atom stereocenters. The minimum atomic E-state index is 0.0131. The molecule has 4 nitrogen and oxygen atoms in total. The monoisotopic (exact) mass is 221 g/mol. The topological polar surface area (TPSA) is 71.8 Å². The van der Waals surface area contributed by atoms with E-state index in [1.54, 1.807) is 0 Å². The van der Waals surface area contributed by atoms with Crippen LogP contribution in [-0.4, -0.2) is 16.5 Å².